The van der Waals surface area contributed by atoms with Gasteiger partial charge in [0.25, 0.3) is 5.91 Å². The summed E-state index contributed by atoms with van der Waals surface area (Å²) >= 11 is 18.0. The van der Waals surface area contributed by atoms with Crippen molar-refractivity contribution < 1.29 is 27.9 Å². The molecule has 10 nitrogen and oxygen atoms in total. The second-order valence-electron chi connectivity index (χ2n) is 10.5. The molecule has 1 aliphatic carbocycles. The third kappa shape index (κ3) is 6.81. The number of benzene rings is 2. The molecule has 2 atom stereocenters. The van der Waals surface area contributed by atoms with Crippen molar-refractivity contribution in [3.8, 4) is 0 Å². The molecule has 2 saturated heterocycles. The minimum atomic E-state index is -4.13. The van der Waals surface area contributed by atoms with Gasteiger partial charge in [0.15, 0.2) is 0 Å². The number of hydrogen-bond acceptors (Lipinski definition) is 6. The number of aromatic nitrogens is 1. The maximum atomic E-state index is 13.8. The lowest BCUT2D eigenvalue weighted by Crippen LogP contribution is -2.63. The number of carbonyl (C=O) groups is 3. The third-order valence-electron chi connectivity index (χ3n) is 7.77. The number of sulfonamides is 1. The lowest BCUT2D eigenvalue weighted by Gasteiger charge is -2.49. The predicted molar refractivity (Wildman–Crippen MR) is 162 cm³/mol. The fraction of sp³-hybridized carbons (Fsp3) is 0.310. The number of aliphatic carboxylic acids is 1. The highest BCUT2D eigenvalue weighted by Gasteiger charge is 2.51. The van der Waals surface area contributed by atoms with Gasteiger partial charge < -0.3 is 15.7 Å². The average molecular weight is 666 g/mol. The van der Waals surface area contributed by atoms with E-state index in [4.69, 9.17) is 34.8 Å². The van der Waals surface area contributed by atoms with Crippen LogP contribution in [0.5, 0.6) is 0 Å². The molecule has 2 amide bonds. The van der Waals surface area contributed by atoms with Gasteiger partial charge in [0.05, 0.1) is 5.02 Å². The molecule has 2 aliphatic heterocycles. The molecule has 2 bridgehead atoms. The highest BCUT2D eigenvalue weighted by Crippen LogP contribution is 2.43. The van der Waals surface area contributed by atoms with Crippen molar-refractivity contribution in [3.63, 3.8) is 0 Å². The molecule has 2 aromatic carbocycles. The highest BCUT2D eigenvalue weighted by atomic mass is 35.5. The van der Waals surface area contributed by atoms with E-state index in [9.17, 15) is 27.9 Å². The lowest BCUT2D eigenvalue weighted by atomic mass is 9.76. The third-order valence-corrected chi connectivity index (χ3v) is 10.6. The molecule has 0 unspecified atom stereocenters. The minimum Gasteiger partial charge on any atom is -0.480 e. The van der Waals surface area contributed by atoms with Crippen LogP contribution >= 0.6 is 34.8 Å². The molecule has 1 saturated carbocycles. The van der Waals surface area contributed by atoms with Crippen LogP contribution in [0.25, 0.3) is 0 Å². The Hall–Kier alpha value is -3.22. The average Bonchev–Trinajstić information content (AvgIpc) is 2.97. The number of pyridine rings is 1. The maximum Gasteiger partial charge on any atom is 0.326 e. The van der Waals surface area contributed by atoms with Gasteiger partial charge in [-0.1, -0.05) is 59.1 Å². The number of amides is 2. The lowest BCUT2D eigenvalue weighted by molar-refractivity contribution is -0.143. The van der Waals surface area contributed by atoms with Gasteiger partial charge in [-0.2, -0.15) is 4.31 Å². The van der Waals surface area contributed by atoms with Gasteiger partial charge in [0.1, 0.15) is 27.3 Å². The zero-order valence-electron chi connectivity index (χ0n) is 22.5. The molecule has 14 heteroatoms. The SMILES string of the molecule is O=C(Nc1ccc(C[C@H](NC(=O)[C@@H]2C3CCC(CC3)N2S(=O)(=O)c2ccccc2Cl)C(=O)O)cc1)c1cc(Cl)nc(Cl)c1. The Bertz CT molecular complexity index is 1640. The van der Waals surface area contributed by atoms with Crippen LogP contribution in [-0.2, 0) is 26.0 Å². The maximum absolute atomic E-state index is 13.8. The number of nitrogens with zero attached hydrogens (tertiary/aromatic N) is 2. The number of piperidine rings is 2. The minimum absolute atomic E-state index is 0.0551. The van der Waals surface area contributed by atoms with Crippen molar-refractivity contribution in [1.29, 1.82) is 0 Å². The second-order valence-corrected chi connectivity index (χ2v) is 13.5. The molecule has 0 radical (unpaired) electrons. The van der Waals surface area contributed by atoms with E-state index in [1.54, 1.807) is 36.4 Å². The van der Waals surface area contributed by atoms with Gasteiger partial charge in [-0.15, -0.1) is 0 Å². The van der Waals surface area contributed by atoms with Crippen molar-refractivity contribution in [3.05, 3.63) is 87.1 Å². The van der Waals surface area contributed by atoms with Crippen molar-refractivity contribution >= 4 is 68.3 Å². The second kappa shape index (κ2) is 12.8. The first-order valence-electron chi connectivity index (χ1n) is 13.5. The Morgan fingerprint density at radius 2 is 1.58 bits per heavy atom. The van der Waals surface area contributed by atoms with Crippen LogP contribution in [0.15, 0.2) is 65.6 Å². The van der Waals surface area contributed by atoms with E-state index in [1.807, 2.05) is 0 Å². The van der Waals surface area contributed by atoms with E-state index in [2.05, 4.69) is 15.6 Å². The van der Waals surface area contributed by atoms with Crippen LogP contribution in [0.3, 0.4) is 0 Å². The van der Waals surface area contributed by atoms with Gasteiger partial charge >= 0.3 is 5.97 Å². The molecule has 6 rings (SSSR count). The summed E-state index contributed by atoms with van der Waals surface area (Å²) in [5.41, 5.74) is 1.23. The number of carboxylic acids is 1. The first-order valence-corrected chi connectivity index (χ1v) is 16.1. The summed E-state index contributed by atoms with van der Waals surface area (Å²) in [6, 6.07) is 12.5. The Kier molecular flexibility index (Phi) is 9.29. The number of rotatable bonds is 9. The first-order chi connectivity index (χ1) is 20.4. The zero-order chi connectivity index (χ0) is 30.9. The zero-order valence-corrected chi connectivity index (χ0v) is 25.6. The summed E-state index contributed by atoms with van der Waals surface area (Å²) in [7, 11) is -4.13. The largest absolute Gasteiger partial charge is 0.480 e. The topological polar surface area (TPSA) is 146 Å². The molecule has 43 heavy (non-hydrogen) atoms. The van der Waals surface area contributed by atoms with Crippen LogP contribution in [0.1, 0.15) is 41.6 Å². The van der Waals surface area contributed by atoms with Crippen LogP contribution in [0.2, 0.25) is 15.3 Å². The van der Waals surface area contributed by atoms with Crippen molar-refractivity contribution in [1.82, 2.24) is 14.6 Å². The Morgan fingerprint density at radius 3 is 2.19 bits per heavy atom. The molecule has 3 fully saturated rings. The van der Waals surface area contributed by atoms with E-state index in [1.165, 1.54) is 28.6 Å². The number of carbonyl (C=O) groups excluding carboxylic acids is 2. The molecular formula is C29H27Cl3N4O6S. The summed E-state index contributed by atoms with van der Waals surface area (Å²) in [5, 5.41) is 15.4. The summed E-state index contributed by atoms with van der Waals surface area (Å²) in [6.45, 7) is 0. The Labute approximate surface area is 263 Å². The molecule has 0 spiro atoms. The monoisotopic (exact) mass is 664 g/mol. The number of fused-ring (bicyclic) bond motifs is 3. The van der Waals surface area contributed by atoms with Gasteiger partial charge in [-0.3, -0.25) is 9.59 Å². The van der Waals surface area contributed by atoms with Gasteiger partial charge in [-0.05, 0) is 73.6 Å². The van der Waals surface area contributed by atoms with Crippen molar-refractivity contribution in [2.24, 2.45) is 5.92 Å². The number of nitrogens with one attached hydrogen (secondary N) is 2. The summed E-state index contributed by atoms with van der Waals surface area (Å²) < 4.78 is 28.7. The van der Waals surface area contributed by atoms with E-state index in [0.717, 1.165) is 0 Å². The number of hydrogen-bond donors (Lipinski definition) is 3. The smallest absolute Gasteiger partial charge is 0.326 e. The molecule has 226 valence electrons. The highest BCUT2D eigenvalue weighted by molar-refractivity contribution is 7.89. The molecule has 3 aromatic rings. The summed E-state index contributed by atoms with van der Waals surface area (Å²) in [4.78, 5) is 42.1. The quantitative estimate of drug-likeness (QED) is 0.272. The molecule has 3 heterocycles. The van der Waals surface area contributed by atoms with Crippen molar-refractivity contribution in [2.45, 2.75) is 55.1 Å². The Balaban J connectivity index is 1.30. The predicted octanol–water partition coefficient (Wildman–Crippen LogP) is 5.04. The van der Waals surface area contributed by atoms with E-state index >= 15 is 0 Å². The molecule has 1 aromatic heterocycles. The van der Waals surface area contributed by atoms with Gasteiger partial charge in [-0.25, -0.2) is 18.2 Å². The molecule has 3 aliphatic rings. The van der Waals surface area contributed by atoms with Crippen molar-refractivity contribution in [2.75, 3.05) is 5.32 Å². The molecule has 3 N–H and O–H groups in total. The van der Waals surface area contributed by atoms with Crippen LogP contribution in [0.4, 0.5) is 5.69 Å². The molecular weight excluding hydrogens is 639 g/mol. The summed E-state index contributed by atoms with van der Waals surface area (Å²) in [5.74, 6) is -2.63. The summed E-state index contributed by atoms with van der Waals surface area (Å²) in [6.07, 6.45) is 2.50. The number of anilines is 1. The fourth-order valence-electron chi connectivity index (χ4n) is 5.77. The number of halogens is 3. The Morgan fingerprint density at radius 1 is 0.953 bits per heavy atom. The van der Waals surface area contributed by atoms with E-state index in [-0.39, 0.29) is 44.2 Å². The standard InChI is InChI=1S/C29H27Cl3N4O6S/c30-21-3-1-2-4-23(21)43(41,42)36-20-11-7-17(8-12-20)26(36)28(38)34-22(29(39)40)13-16-5-9-19(10-6-16)33-27(37)18-14-24(31)35-25(32)15-18/h1-6,9-10,14-15,17,20,22,26H,7-8,11-13H2,(H,33,37)(H,34,38)(H,39,40)/t17?,20?,22-,26-/m0/s1. The van der Waals surface area contributed by atoms with Gasteiger partial charge in [0, 0.05) is 23.7 Å². The number of carboxylic acid groups (broad SMARTS) is 1. The normalized spacial score (nSPS) is 20.8. The van der Waals surface area contributed by atoms with Crippen LogP contribution in [-0.4, -0.2) is 58.7 Å². The van der Waals surface area contributed by atoms with E-state index in [0.29, 0.717) is 36.9 Å². The van der Waals surface area contributed by atoms with E-state index < -0.39 is 39.9 Å². The van der Waals surface area contributed by atoms with Gasteiger partial charge in [0.2, 0.25) is 15.9 Å². The first kappa shape index (κ1) is 31.2. The van der Waals surface area contributed by atoms with Crippen LogP contribution < -0.4 is 10.6 Å². The fourth-order valence-corrected chi connectivity index (χ4v) is 8.62. The van der Waals surface area contributed by atoms with Crippen LogP contribution in [0, 0.1) is 5.92 Å².